The molecule has 6 nitrogen and oxygen atoms in total. The smallest absolute Gasteiger partial charge is 0.310 e. The molecular weight excluding hydrogens is 354 g/mol. The molecule has 1 N–H and O–H groups in total. The lowest BCUT2D eigenvalue weighted by Gasteiger charge is -2.01. The summed E-state index contributed by atoms with van der Waals surface area (Å²) in [4.78, 5) is 22.2. The standard InChI is InChI=1S/C15H8BrNO5/c16-10-3-1-2-9-14(19)13(22-15(9)10)7-8-4-5-11(17(20)21)12(18)6-8/h1-7,18H. The number of rotatable bonds is 2. The summed E-state index contributed by atoms with van der Waals surface area (Å²) in [6.07, 6.45) is 1.43. The highest BCUT2D eigenvalue weighted by Gasteiger charge is 2.29. The molecule has 1 aliphatic rings. The van der Waals surface area contributed by atoms with Crippen molar-refractivity contribution in [2.75, 3.05) is 0 Å². The van der Waals surface area contributed by atoms with Crippen LogP contribution in [0.1, 0.15) is 15.9 Å². The number of aromatic hydroxyl groups is 1. The maximum atomic E-state index is 12.2. The van der Waals surface area contributed by atoms with Crippen molar-refractivity contribution in [3.8, 4) is 11.5 Å². The zero-order chi connectivity index (χ0) is 15.9. The van der Waals surface area contributed by atoms with Crippen LogP contribution in [-0.2, 0) is 0 Å². The van der Waals surface area contributed by atoms with Gasteiger partial charge in [0.2, 0.25) is 5.78 Å². The van der Waals surface area contributed by atoms with Gasteiger partial charge < -0.3 is 9.84 Å². The number of allylic oxidation sites excluding steroid dienone is 1. The van der Waals surface area contributed by atoms with Crippen molar-refractivity contribution in [3.63, 3.8) is 0 Å². The molecule has 0 amide bonds. The molecular formula is C15H8BrNO5. The Balaban J connectivity index is 1.98. The molecule has 7 heteroatoms. The largest absolute Gasteiger partial charge is 0.502 e. The van der Waals surface area contributed by atoms with Gasteiger partial charge in [0.15, 0.2) is 17.3 Å². The van der Waals surface area contributed by atoms with Crippen molar-refractivity contribution in [1.82, 2.24) is 0 Å². The zero-order valence-corrected chi connectivity index (χ0v) is 12.5. The van der Waals surface area contributed by atoms with Crippen LogP contribution in [0.2, 0.25) is 0 Å². The summed E-state index contributed by atoms with van der Waals surface area (Å²) < 4.78 is 6.18. The number of hydrogen-bond donors (Lipinski definition) is 1. The van der Waals surface area contributed by atoms with Gasteiger partial charge in [-0.25, -0.2) is 0 Å². The lowest BCUT2D eigenvalue weighted by molar-refractivity contribution is -0.385. The highest BCUT2D eigenvalue weighted by Crippen LogP contribution is 2.38. The van der Waals surface area contributed by atoms with Crippen LogP contribution in [0.15, 0.2) is 46.6 Å². The topological polar surface area (TPSA) is 89.7 Å². The van der Waals surface area contributed by atoms with Gasteiger partial charge in [0.05, 0.1) is 15.0 Å². The molecule has 22 heavy (non-hydrogen) atoms. The number of fused-ring (bicyclic) bond motifs is 1. The second-order valence-corrected chi connectivity index (χ2v) is 5.42. The molecule has 0 aromatic heterocycles. The molecule has 0 unspecified atom stereocenters. The van der Waals surface area contributed by atoms with E-state index in [2.05, 4.69) is 15.9 Å². The van der Waals surface area contributed by atoms with E-state index >= 15 is 0 Å². The van der Waals surface area contributed by atoms with Gasteiger partial charge in [-0.2, -0.15) is 0 Å². The number of carbonyl (C=O) groups is 1. The second kappa shape index (κ2) is 5.27. The Morgan fingerprint density at radius 2 is 2.05 bits per heavy atom. The molecule has 0 atom stereocenters. The van der Waals surface area contributed by atoms with Crippen LogP contribution in [0.3, 0.4) is 0 Å². The van der Waals surface area contributed by atoms with E-state index in [0.717, 1.165) is 0 Å². The number of halogens is 1. The molecule has 2 aromatic rings. The van der Waals surface area contributed by atoms with Gasteiger partial charge in [-0.1, -0.05) is 6.07 Å². The monoisotopic (exact) mass is 361 g/mol. The maximum absolute atomic E-state index is 12.2. The zero-order valence-electron chi connectivity index (χ0n) is 10.9. The van der Waals surface area contributed by atoms with Crippen molar-refractivity contribution in [1.29, 1.82) is 0 Å². The third-order valence-corrected chi connectivity index (χ3v) is 3.77. The maximum Gasteiger partial charge on any atom is 0.310 e. The predicted molar refractivity (Wildman–Crippen MR) is 81.8 cm³/mol. The highest BCUT2D eigenvalue weighted by molar-refractivity contribution is 9.10. The van der Waals surface area contributed by atoms with E-state index in [9.17, 15) is 20.0 Å². The fourth-order valence-corrected chi connectivity index (χ4v) is 2.56. The fourth-order valence-electron chi connectivity index (χ4n) is 2.11. The van der Waals surface area contributed by atoms with Crippen LogP contribution < -0.4 is 4.74 Å². The number of hydrogen-bond acceptors (Lipinski definition) is 5. The Morgan fingerprint density at radius 3 is 2.68 bits per heavy atom. The SMILES string of the molecule is O=C1C(=Cc2ccc([N+](=O)[O-])c(O)c2)Oc2c(Br)cccc21. The lowest BCUT2D eigenvalue weighted by Crippen LogP contribution is -1.98. The molecule has 0 radical (unpaired) electrons. The number of para-hydroxylation sites is 1. The average Bonchev–Trinajstić information content (AvgIpc) is 2.77. The minimum atomic E-state index is -0.684. The Morgan fingerprint density at radius 1 is 1.27 bits per heavy atom. The molecule has 110 valence electrons. The van der Waals surface area contributed by atoms with E-state index in [1.165, 1.54) is 24.3 Å². The third-order valence-electron chi connectivity index (χ3n) is 3.14. The van der Waals surface area contributed by atoms with Crippen LogP contribution in [-0.4, -0.2) is 15.8 Å². The first-order chi connectivity index (χ1) is 10.5. The summed E-state index contributed by atoms with van der Waals surface area (Å²) in [6.45, 7) is 0. The summed E-state index contributed by atoms with van der Waals surface area (Å²) in [5.74, 6) is -0.224. The second-order valence-electron chi connectivity index (χ2n) is 4.56. The first kappa shape index (κ1) is 14.3. The van der Waals surface area contributed by atoms with Gasteiger partial charge in [0.25, 0.3) is 0 Å². The molecule has 0 spiro atoms. The van der Waals surface area contributed by atoms with Gasteiger partial charge in [-0.05, 0) is 51.8 Å². The molecule has 1 heterocycles. The molecule has 0 fully saturated rings. The van der Waals surface area contributed by atoms with Crippen molar-refractivity contribution < 1.29 is 19.6 Å². The number of ether oxygens (including phenoxy) is 1. The average molecular weight is 362 g/mol. The number of phenolic OH excluding ortho intramolecular Hbond substituents is 1. The summed E-state index contributed by atoms with van der Waals surface area (Å²) in [5.41, 5.74) is 0.467. The number of nitro benzene ring substituents is 1. The molecule has 0 aliphatic carbocycles. The quantitative estimate of drug-likeness (QED) is 0.500. The number of benzene rings is 2. The molecule has 0 saturated heterocycles. The third kappa shape index (κ3) is 2.35. The predicted octanol–water partition coefficient (Wildman–Crippen LogP) is 3.68. The Labute approximate surface area is 132 Å². The molecule has 2 aromatic carbocycles. The highest BCUT2D eigenvalue weighted by atomic mass is 79.9. The minimum absolute atomic E-state index is 0.0927. The van der Waals surface area contributed by atoms with Crippen LogP contribution in [0.5, 0.6) is 11.5 Å². The van der Waals surface area contributed by atoms with Crippen molar-refractivity contribution in [2.45, 2.75) is 0 Å². The van der Waals surface area contributed by atoms with Gasteiger partial charge >= 0.3 is 5.69 Å². The van der Waals surface area contributed by atoms with Gasteiger partial charge in [-0.15, -0.1) is 0 Å². The first-order valence-electron chi connectivity index (χ1n) is 6.17. The van der Waals surface area contributed by atoms with Crippen molar-refractivity contribution in [3.05, 3.63) is 67.9 Å². The Hall–Kier alpha value is -2.67. The van der Waals surface area contributed by atoms with Gasteiger partial charge in [0, 0.05) is 6.07 Å². The summed E-state index contributed by atoms with van der Waals surface area (Å²) >= 11 is 3.31. The molecule has 3 rings (SSSR count). The first-order valence-corrected chi connectivity index (χ1v) is 6.97. The van der Waals surface area contributed by atoms with Crippen LogP contribution in [0.25, 0.3) is 6.08 Å². The van der Waals surface area contributed by atoms with Gasteiger partial charge in [0.1, 0.15) is 0 Å². The van der Waals surface area contributed by atoms with E-state index in [0.29, 0.717) is 21.3 Å². The Bertz CT molecular complexity index is 844. The number of nitro groups is 1. The lowest BCUT2D eigenvalue weighted by atomic mass is 10.1. The molecule has 1 aliphatic heterocycles. The summed E-state index contributed by atoms with van der Waals surface area (Å²) in [5, 5.41) is 20.3. The number of Topliss-reactive ketones (excluding diaryl/α,β-unsaturated/α-hetero) is 1. The van der Waals surface area contributed by atoms with Gasteiger partial charge in [-0.3, -0.25) is 14.9 Å². The number of nitrogens with zero attached hydrogens (tertiary/aromatic N) is 1. The van der Waals surface area contributed by atoms with Crippen LogP contribution >= 0.6 is 15.9 Å². The molecule has 0 bridgehead atoms. The number of ketones is 1. The van der Waals surface area contributed by atoms with Crippen LogP contribution in [0, 0.1) is 10.1 Å². The van der Waals surface area contributed by atoms with E-state index in [-0.39, 0.29) is 11.5 Å². The van der Waals surface area contributed by atoms with Crippen molar-refractivity contribution in [2.24, 2.45) is 0 Å². The van der Waals surface area contributed by atoms with Crippen molar-refractivity contribution >= 4 is 33.5 Å². The number of carbonyl (C=O) groups excluding carboxylic acids is 1. The van der Waals surface area contributed by atoms with E-state index in [1.54, 1.807) is 18.2 Å². The number of phenols is 1. The van der Waals surface area contributed by atoms with E-state index in [1.807, 2.05) is 0 Å². The van der Waals surface area contributed by atoms with Crippen LogP contribution in [0.4, 0.5) is 5.69 Å². The Kier molecular flexibility index (Phi) is 3.42. The normalized spacial score (nSPS) is 14.8. The summed E-state index contributed by atoms with van der Waals surface area (Å²) in [6, 6.07) is 8.94. The summed E-state index contributed by atoms with van der Waals surface area (Å²) in [7, 11) is 0. The van der Waals surface area contributed by atoms with E-state index < -0.39 is 16.4 Å². The van der Waals surface area contributed by atoms with E-state index in [4.69, 9.17) is 4.74 Å². The molecule has 0 saturated carbocycles. The fraction of sp³-hybridized carbons (Fsp3) is 0. The minimum Gasteiger partial charge on any atom is -0.502 e.